The van der Waals surface area contributed by atoms with Crippen molar-refractivity contribution in [2.75, 3.05) is 18.6 Å². The number of hydrogen-bond acceptors (Lipinski definition) is 7. The maximum absolute atomic E-state index is 13.5. The molecule has 1 atom stereocenters. The number of ether oxygens (including phenoxy) is 2. The number of aliphatic hydroxyl groups is 1. The third kappa shape index (κ3) is 5.61. The van der Waals surface area contributed by atoms with E-state index in [4.69, 9.17) is 9.47 Å². The van der Waals surface area contributed by atoms with Crippen LogP contribution >= 0.6 is 11.3 Å². The van der Waals surface area contributed by atoms with Gasteiger partial charge in [0.25, 0.3) is 11.7 Å². The zero-order valence-corrected chi connectivity index (χ0v) is 23.8. The summed E-state index contributed by atoms with van der Waals surface area (Å²) in [6.45, 7) is 10.3. The van der Waals surface area contributed by atoms with E-state index in [-0.39, 0.29) is 22.7 Å². The van der Waals surface area contributed by atoms with Gasteiger partial charge in [0.15, 0.2) is 0 Å². The summed E-state index contributed by atoms with van der Waals surface area (Å²) in [5.74, 6) is -1.73. The minimum atomic E-state index is -0.855. The quantitative estimate of drug-likeness (QED) is 0.157. The number of rotatable bonds is 7. The molecule has 1 fully saturated rings. The molecule has 3 aromatic rings. The van der Waals surface area contributed by atoms with Crippen molar-refractivity contribution >= 4 is 40.4 Å². The number of carbonyl (C=O) groups excluding carboxylic acids is 3. The molecular formula is C31H33NO6S. The topological polar surface area (TPSA) is 93.1 Å². The number of benzene rings is 2. The minimum Gasteiger partial charge on any atom is -0.507 e. The van der Waals surface area contributed by atoms with Crippen molar-refractivity contribution in [3.63, 3.8) is 0 Å². The van der Waals surface area contributed by atoms with E-state index in [1.165, 1.54) is 23.3 Å². The molecule has 0 spiro atoms. The molecule has 1 aliphatic heterocycles. The average Bonchev–Trinajstić information content (AvgIpc) is 3.52. The first-order valence-electron chi connectivity index (χ1n) is 12.7. The van der Waals surface area contributed by atoms with Gasteiger partial charge in [-0.05, 0) is 64.7 Å². The summed E-state index contributed by atoms with van der Waals surface area (Å²) in [6, 6.07) is 14.6. The van der Waals surface area contributed by atoms with Crippen LogP contribution in [-0.2, 0) is 19.7 Å². The third-order valence-electron chi connectivity index (χ3n) is 6.51. The van der Waals surface area contributed by atoms with E-state index in [0.717, 1.165) is 5.56 Å². The van der Waals surface area contributed by atoms with Gasteiger partial charge >= 0.3 is 5.97 Å². The predicted octanol–water partition coefficient (Wildman–Crippen LogP) is 6.49. The summed E-state index contributed by atoms with van der Waals surface area (Å²) in [5, 5.41) is 13.5. The van der Waals surface area contributed by atoms with Crippen LogP contribution in [0.15, 0.2) is 65.6 Å². The smallest absolute Gasteiger partial charge is 0.338 e. The summed E-state index contributed by atoms with van der Waals surface area (Å²) in [6.07, 6.45) is 0. The van der Waals surface area contributed by atoms with Crippen LogP contribution in [0.3, 0.4) is 0 Å². The van der Waals surface area contributed by atoms with Crippen LogP contribution in [0.25, 0.3) is 5.76 Å². The molecule has 0 bridgehead atoms. The third-order valence-corrected chi connectivity index (χ3v) is 7.43. The Morgan fingerprint density at radius 1 is 1.08 bits per heavy atom. The van der Waals surface area contributed by atoms with E-state index in [2.05, 4.69) is 0 Å². The monoisotopic (exact) mass is 547 g/mol. The number of anilines is 1. The van der Waals surface area contributed by atoms with Crippen LogP contribution < -0.4 is 9.64 Å². The van der Waals surface area contributed by atoms with E-state index >= 15 is 0 Å². The Labute approximate surface area is 232 Å². The Morgan fingerprint density at radius 3 is 2.33 bits per heavy atom. The highest BCUT2D eigenvalue weighted by molar-refractivity contribution is 7.10. The Morgan fingerprint density at radius 2 is 1.77 bits per heavy atom. The van der Waals surface area contributed by atoms with Gasteiger partial charge in [0.05, 0.1) is 30.4 Å². The van der Waals surface area contributed by atoms with Crippen molar-refractivity contribution in [3.8, 4) is 5.75 Å². The second-order valence-corrected chi connectivity index (χ2v) is 11.9. The van der Waals surface area contributed by atoms with E-state index in [1.54, 1.807) is 36.4 Å². The Kier molecular flexibility index (Phi) is 7.97. The first kappa shape index (κ1) is 28.1. The number of nitrogens with zero attached hydrogens (tertiary/aromatic N) is 1. The number of ketones is 1. The zero-order chi connectivity index (χ0) is 28.5. The molecule has 1 saturated heterocycles. The lowest BCUT2D eigenvalue weighted by molar-refractivity contribution is -0.132. The van der Waals surface area contributed by atoms with Crippen molar-refractivity contribution in [2.45, 2.75) is 46.1 Å². The van der Waals surface area contributed by atoms with Crippen LogP contribution in [0.2, 0.25) is 0 Å². The van der Waals surface area contributed by atoms with Crippen LogP contribution in [0.1, 0.15) is 67.0 Å². The van der Waals surface area contributed by atoms with Gasteiger partial charge in [-0.2, -0.15) is 0 Å². The zero-order valence-electron chi connectivity index (χ0n) is 23.0. The standard InChI is InChI=1S/C31H33NO6S/c1-18(2)17-38-30(36)19-9-12-21(13-10-19)32-26(24-8-7-15-39-24)25(28(34)29(32)35)27(33)22-16-20(31(3,4)5)11-14-23(22)37-6/h7-16,18,26,33H,17H2,1-6H3/b27-25+. The van der Waals surface area contributed by atoms with E-state index in [0.29, 0.717) is 34.0 Å². The normalized spacial score (nSPS) is 17.1. The van der Waals surface area contributed by atoms with Gasteiger partial charge in [0.1, 0.15) is 17.6 Å². The van der Waals surface area contributed by atoms with E-state index in [1.807, 2.05) is 58.2 Å². The SMILES string of the molecule is COc1ccc(C(C)(C)C)cc1/C(O)=C1\C(=O)C(=O)N(c2ccc(C(=O)OCC(C)C)cc2)C1c1cccs1. The summed E-state index contributed by atoms with van der Waals surface area (Å²) < 4.78 is 10.8. The number of aliphatic hydroxyl groups excluding tert-OH is 1. The van der Waals surface area contributed by atoms with Gasteiger partial charge in [-0.3, -0.25) is 14.5 Å². The number of carbonyl (C=O) groups is 3. The fraction of sp³-hybridized carbons (Fsp3) is 0.323. The molecule has 4 rings (SSSR count). The van der Waals surface area contributed by atoms with Crippen molar-refractivity contribution in [1.29, 1.82) is 0 Å². The molecule has 2 aromatic carbocycles. The first-order chi connectivity index (χ1) is 18.4. The van der Waals surface area contributed by atoms with Crippen molar-refractivity contribution in [2.24, 2.45) is 5.92 Å². The number of hydrogen-bond donors (Lipinski definition) is 1. The van der Waals surface area contributed by atoms with Crippen molar-refractivity contribution in [3.05, 3.63) is 87.1 Å². The van der Waals surface area contributed by atoms with Crippen LogP contribution in [-0.4, -0.2) is 36.5 Å². The number of thiophene rings is 1. The van der Waals surface area contributed by atoms with Crippen LogP contribution in [0.5, 0.6) is 5.75 Å². The van der Waals surface area contributed by atoms with Crippen LogP contribution in [0, 0.1) is 5.92 Å². The number of esters is 1. The van der Waals surface area contributed by atoms with Gasteiger partial charge in [0, 0.05) is 10.6 Å². The molecule has 1 N–H and O–H groups in total. The highest BCUT2D eigenvalue weighted by Gasteiger charge is 2.47. The number of methoxy groups -OCH3 is 1. The van der Waals surface area contributed by atoms with Crippen molar-refractivity contribution in [1.82, 2.24) is 0 Å². The van der Waals surface area contributed by atoms with Gasteiger partial charge in [-0.1, -0.05) is 46.8 Å². The average molecular weight is 548 g/mol. The maximum atomic E-state index is 13.5. The Bertz CT molecular complexity index is 1410. The van der Waals surface area contributed by atoms with Crippen LogP contribution in [0.4, 0.5) is 5.69 Å². The second kappa shape index (κ2) is 11.1. The largest absolute Gasteiger partial charge is 0.507 e. The number of Topliss-reactive ketones (excluding diaryl/α,β-unsaturated/α-hetero) is 1. The van der Waals surface area contributed by atoms with Gasteiger partial charge in [-0.25, -0.2) is 4.79 Å². The highest BCUT2D eigenvalue weighted by atomic mass is 32.1. The molecular weight excluding hydrogens is 514 g/mol. The molecule has 7 nitrogen and oxygen atoms in total. The molecule has 2 heterocycles. The van der Waals surface area contributed by atoms with Gasteiger partial charge < -0.3 is 14.6 Å². The predicted molar refractivity (Wildman–Crippen MR) is 152 cm³/mol. The Hall–Kier alpha value is -3.91. The lowest BCUT2D eigenvalue weighted by Crippen LogP contribution is -2.29. The van der Waals surface area contributed by atoms with E-state index in [9.17, 15) is 19.5 Å². The Balaban J connectivity index is 1.82. The fourth-order valence-corrected chi connectivity index (χ4v) is 5.23. The van der Waals surface area contributed by atoms with E-state index < -0.39 is 23.7 Å². The molecule has 1 aliphatic rings. The summed E-state index contributed by atoms with van der Waals surface area (Å²) >= 11 is 1.38. The van der Waals surface area contributed by atoms with Gasteiger partial charge in [-0.15, -0.1) is 11.3 Å². The summed E-state index contributed by atoms with van der Waals surface area (Å²) in [7, 11) is 1.49. The highest BCUT2D eigenvalue weighted by Crippen LogP contribution is 2.45. The second-order valence-electron chi connectivity index (χ2n) is 10.9. The summed E-state index contributed by atoms with van der Waals surface area (Å²) in [5.41, 5.74) is 1.79. The van der Waals surface area contributed by atoms with Crippen molar-refractivity contribution < 1.29 is 29.0 Å². The molecule has 1 unspecified atom stereocenters. The lowest BCUT2D eigenvalue weighted by atomic mass is 9.85. The molecule has 1 aromatic heterocycles. The molecule has 1 amide bonds. The first-order valence-corrected chi connectivity index (χ1v) is 13.6. The molecule has 39 heavy (non-hydrogen) atoms. The lowest BCUT2D eigenvalue weighted by Gasteiger charge is -2.25. The maximum Gasteiger partial charge on any atom is 0.338 e. The molecule has 0 radical (unpaired) electrons. The van der Waals surface area contributed by atoms with Gasteiger partial charge in [0.2, 0.25) is 0 Å². The molecule has 0 aliphatic carbocycles. The summed E-state index contributed by atoms with van der Waals surface area (Å²) in [4.78, 5) is 41.4. The fourth-order valence-electron chi connectivity index (χ4n) is 4.40. The number of amides is 1. The minimum absolute atomic E-state index is 0.0211. The molecule has 8 heteroatoms. The molecule has 0 saturated carbocycles. The molecule has 204 valence electrons.